The molecule has 184 valence electrons. The molecule has 3 aromatic rings. The lowest BCUT2D eigenvalue weighted by Gasteiger charge is -2.19. The molecule has 0 saturated heterocycles. The highest BCUT2D eigenvalue weighted by Gasteiger charge is 2.37. The van der Waals surface area contributed by atoms with Crippen molar-refractivity contribution in [3.63, 3.8) is 0 Å². The maximum absolute atomic E-state index is 14.3. The molecule has 1 aliphatic carbocycles. The van der Waals surface area contributed by atoms with Crippen LogP contribution in [0.25, 0.3) is 0 Å². The lowest BCUT2D eigenvalue weighted by molar-refractivity contribution is -0.137. The van der Waals surface area contributed by atoms with E-state index in [0.29, 0.717) is 24.6 Å². The number of aliphatic carboxylic acids is 1. The number of amides is 1. The van der Waals surface area contributed by atoms with Gasteiger partial charge in [-0.25, -0.2) is 22.2 Å². The molecule has 12 heteroatoms. The molecule has 4 rings (SSSR count). The number of carboxylic acid groups (broad SMARTS) is 1. The number of rotatable bonds is 10. The molecule has 0 spiro atoms. The van der Waals surface area contributed by atoms with Crippen molar-refractivity contribution in [1.82, 2.24) is 4.98 Å². The van der Waals surface area contributed by atoms with Gasteiger partial charge in [0.2, 0.25) is 6.10 Å². The second-order valence-electron chi connectivity index (χ2n) is 7.91. The Morgan fingerprint density at radius 3 is 2.51 bits per heavy atom. The SMILES string of the molecule is O=C(O)CCc1csc(NC(=O)C(Oc2ccc(F)cc2F)c2ccc(S(=O)(=O)C3CC3)cc2)n1. The number of hydrogen-bond donors (Lipinski definition) is 2. The van der Waals surface area contributed by atoms with Crippen molar-refractivity contribution in [3.8, 4) is 5.75 Å². The molecule has 0 aliphatic heterocycles. The summed E-state index contributed by atoms with van der Waals surface area (Å²) in [7, 11) is -3.45. The number of nitrogens with one attached hydrogen (secondary N) is 1. The van der Waals surface area contributed by atoms with Gasteiger partial charge in [0.1, 0.15) is 5.82 Å². The maximum Gasteiger partial charge on any atom is 0.303 e. The molecule has 0 bridgehead atoms. The molecule has 1 aromatic heterocycles. The largest absolute Gasteiger partial charge is 0.481 e. The highest BCUT2D eigenvalue weighted by molar-refractivity contribution is 7.92. The number of ether oxygens (including phenoxy) is 1. The Morgan fingerprint density at radius 1 is 1.17 bits per heavy atom. The third kappa shape index (κ3) is 6.01. The van der Waals surface area contributed by atoms with Crippen molar-refractivity contribution < 1.29 is 36.6 Å². The molecular weight excluding hydrogens is 502 g/mol. The van der Waals surface area contributed by atoms with Gasteiger partial charge < -0.3 is 9.84 Å². The fourth-order valence-corrected chi connectivity index (χ4v) is 5.66. The highest BCUT2D eigenvalue weighted by Crippen LogP contribution is 2.34. The van der Waals surface area contributed by atoms with E-state index in [0.717, 1.165) is 23.5 Å². The molecule has 1 saturated carbocycles. The normalized spacial score (nSPS) is 14.3. The molecule has 35 heavy (non-hydrogen) atoms. The monoisotopic (exact) mass is 522 g/mol. The van der Waals surface area contributed by atoms with Crippen molar-refractivity contribution in [2.45, 2.75) is 41.9 Å². The number of halogens is 2. The molecule has 2 aromatic carbocycles. The quantitative estimate of drug-likeness (QED) is 0.410. The van der Waals surface area contributed by atoms with Crippen molar-refractivity contribution in [3.05, 3.63) is 70.7 Å². The number of benzene rings is 2. The van der Waals surface area contributed by atoms with Crippen molar-refractivity contribution in [1.29, 1.82) is 0 Å². The van der Waals surface area contributed by atoms with Crippen molar-refractivity contribution in [2.75, 3.05) is 5.32 Å². The molecule has 1 atom stereocenters. The number of carbonyl (C=O) groups is 2. The van der Waals surface area contributed by atoms with Crippen LogP contribution in [0, 0.1) is 11.6 Å². The van der Waals surface area contributed by atoms with Crippen molar-refractivity contribution in [2.24, 2.45) is 0 Å². The lowest BCUT2D eigenvalue weighted by atomic mass is 10.1. The Labute approximate surface area is 203 Å². The van der Waals surface area contributed by atoms with Gasteiger partial charge in [-0.05, 0) is 37.1 Å². The first-order chi connectivity index (χ1) is 16.6. The number of hydrogen-bond acceptors (Lipinski definition) is 7. The summed E-state index contributed by atoms with van der Waals surface area (Å²) in [6.45, 7) is 0. The Bertz CT molecular complexity index is 1350. The summed E-state index contributed by atoms with van der Waals surface area (Å²) in [6, 6.07) is 8.17. The topological polar surface area (TPSA) is 123 Å². The predicted molar refractivity (Wildman–Crippen MR) is 123 cm³/mol. The fourth-order valence-electron chi connectivity index (χ4n) is 3.26. The molecule has 0 radical (unpaired) electrons. The van der Waals surface area contributed by atoms with Crippen LogP contribution >= 0.6 is 11.3 Å². The average Bonchev–Trinajstić information content (AvgIpc) is 3.58. The van der Waals surface area contributed by atoms with Crippen LogP contribution in [0.5, 0.6) is 5.75 Å². The van der Waals surface area contributed by atoms with E-state index in [4.69, 9.17) is 9.84 Å². The van der Waals surface area contributed by atoms with E-state index in [9.17, 15) is 26.8 Å². The smallest absolute Gasteiger partial charge is 0.303 e. The summed E-state index contributed by atoms with van der Waals surface area (Å²) in [5, 5.41) is 12.7. The molecular formula is C23H20F2N2O6S2. The van der Waals surface area contributed by atoms with Crippen LogP contribution in [0.3, 0.4) is 0 Å². The molecule has 1 unspecified atom stereocenters. The van der Waals surface area contributed by atoms with Gasteiger partial charge in [0, 0.05) is 23.4 Å². The Balaban J connectivity index is 1.58. The number of sulfone groups is 1. The summed E-state index contributed by atoms with van der Waals surface area (Å²) in [5.74, 6) is -3.92. The molecule has 1 aliphatic rings. The minimum absolute atomic E-state index is 0.110. The summed E-state index contributed by atoms with van der Waals surface area (Å²) >= 11 is 1.07. The molecule has 1 heterocycles. The van der Waals surface area contributed by atoms with Crippen LogP contribution in [0.4, 0.5) is 13.9 Å². The van der Waals surface area contributed by atoms with Crippen LogP contribution in [-0.2, 0) is 25.8 Å². The van der Waals surface area contributed by atoms with E-state index in [2.05, 4.69) is 10.3 Å². The fraction of sp³-hybridized carbons (Fsp3) is 0.261. The number of anilines is 1. The average molecular weight is 523 g/mol. The Morgan fingerprint density at radius 2 is 1.89 bits per heavy atom. The summed E-state index contributed by atoms with van der Waals surface area (Å²) in [4.78, 5) is 28.1. The van der Waals surface area contributed by atoms with Crippen LogP contribution in [0.2, 0.25) is 0 Å². The van der Waals surface area contributed by atoms with Gasteiger partial charge in [0.05, 0.1) is 22.3 Å². The number of aromatic nitrogens is 1. The van der Waals surface area contributed by atoms with E-state index in [1.54, 1.807) is 5.38 Å². The third-order valence-corrected chi connectivity index (χ3v) is 8.31. The van der Waals surface area contributed by atoms with E-state index < -0.39 is 44.7 Å². The van der Waals surface area contributed by atoms with Gasteiger partial charge in [-0.2, -0.15) is 0 Å². The van der Waals surface area contributed by atoms with E-state index >= 15 is 0 Å². The minimum Gasteiger partial charge on any atom is -0.481 e. The first-order valence-electron chi connectivity index (χ1n) is 10.6. The van der Waals surface area contributed by atoms with Gasteiger partial charge in [0.15, 0.2) is 26.5 Å². The minimum atomic E-state index is -3.45. The standard InChI is InChI=1S/C23H20F2N2O6S2/c24-14-3-9-19(18(25)11-14)33-21(13-1-5-16(6-2-13)35(31,32)17-7-8-17)22(30)27-23-26-15(12-34-23)4-10-20(28)29/h1-3,5-6,9,11-12,17,21H,4,7-8,10H2,(H,28,29)(H,26,27,30). The van der Waals surface area contributed by atoms with E-state index in [-0.39, 0.29) is 34.2 Å². The van der Waals surface area contributed by atoms with Gasteiger partial charge in [-0.15, -0.1) is 11.3 Å². The van der Waals surface area contributed by atoms with Gasteiger partial charge in [-0.3, -0.25) is 14.9 Å². The Hall–Kier alpha value is -3.38. The Kier molecular flexibility index (Phi) is 7.13. The lowest BCUT2D eigenvalue weighted by Crippen LogP contribution is -2.26. The van der Waals surface area contributed by atoms with E-state index in [1.165, 1.54) is 24.3 Å². The number of carboxylic acids is 1. The van der Waals surface area contributed by atoms with Gasteiger partial charge in [0.25, 0.3) is 5.91 Å². The van der Waals surface area contributed by atoms with Crippen LogP contribution in [0.15, 0.2) is 52.7 Å². The third-order valence-electron chi connectivity index (χ3n) is 5.23. The van der Waals surface area contributed by atoms with Crippen molar-refractivity contribution >= 4 is 38.2 Å². The summed E-state index contributed by atoms with van der Waals surface area (Å²) in [5.41, 5.74) is 0.716. The van der Waals surface area contributed by atoms with E-state index in [1.807, 2.05) is 0 Å². The second-order valence-corrected chi connectivity index (χ2v) is 11.0. The number of thiazole rings is 1. The predicted octanol–water partition coefficient (Wildman–Crippen LogP) is 4.13. The zero-order valence-corrected chi connectivity index (χ0v) is 19.7. The molecule has 2 N–H and O–H groups in total. The zero-order valence-electron chi connectivity index (χ0n) is 18.1. The van der Waals surface area contributed by atoms with Crippen LogP contribution in [-0.4, -0.2) is 35.6 Å². The van der Waals surface area contributed by atoms with Crippen LogP contribution < -0.4 is 10.1 Å². The van der Waals surface area contributed by atoms with Gasteiger partial charge >= 0.3 is 5.97 Å². The molecule has 1 amide bonds. The first kappa shape index (κ1) is 24.7. The van der Waals surface area contributed by atoms with Gasteiger partial charge in [-0.1, -0.05) is 12.1 Å². The highest BCUT2D eigenvalue weighted by atomic mass is 32.2. The van der Waals surface area contributed by atoms with Crippen LogP contribution in [0.1, 0.15) is 36.6 Å². The number of carbonyl (C=O) groups excluding carboxylic acids is 1. The molecule has 8 nitrogen and oxygen atoms in total. The number of aryl methyl sites for hydroxylation is 1. The zero-order chi connectivity index (χ0) is 25.2. The summed E-state index contributed by atoms with van der Waals surface area (Å²) < 4.78 is 58.1. The maximum atomic E-state index is 14.3. The second kappa shape index (κ2) is 10.1. The molecule has 1 fully saturated rings. The summed E-state index contributed by atoms with van der Waals surface area (Å²) in [6.07, 6.45) is -0.157. The number of nitrogens with zero attached hydrogens (tertiary/aromatic N) is 1. The first-order valence-corrected chi connectivity index (χ1v) is 13.0.